The number of rotatable bonds is 2. The molecule has 0 spiro atoms. The van der Waals surface area contributed by atoms with E-state index in [9.17, 15) is 14.7 Å². The first kappa shape index (κ1) is 11.7. The van der Waals surface area contributed by atoms with Gasteiger partial charge in [-0.25, -0.2) is 0 Å². The van der Waals surface area contributed by atoms with Crippen LogP contribution in [-0.2, 0) is 4.79 Å². The molecule has 6 heteroatoms. The molecule has 1 aliphatic rings. The number of nitrogens with one attached hydrogen (secondary N) is 2. The molecule has 17 heavy (non-hydrogen) atoms. The second kappa shape index (κ2) is 4.63. The van der Waals surface area contributed by atoms with E-state index in [1.54, 1.807) is 0 Å². The molecule has 3 N–H and O–H groups in total. The lowest BCUT2D eigenvalue weighted by Crippen LogP contribution is -2.36. The zero-order valence-electron chi connectivity index (χ0n) is 8.87. The SMILES string of the molecule is O=C1CC(NC(=O)c2cc(O)ccc2Cl)CN1. The van der Waals surface area contributed by atoms with Gasteiger partial charge in [-0.05, 0) is 18.2 Å². The molecule has 1 aliphatic heterocycles. The van der Waals surface area contributed by atoms with Crippen molar-refractivity contribution in [2.45, 2.75) is 12.5 Å². The van der Waals surface area contributed by atoms with Crippen LogP contribution in [-0.4, -0.2) is 29.5 Å². The Morgan fingerprint density at radius 3 is 2.94 bits per heavy atom. The van der Waals surface area contributed by atoms with Gasteiger partial charge in [0.15, 0.2) is 0 Å². The summed E-state index contributed by atoms with van der Waals surface area (Å²) >= 11 is 5.85. The van der Waals surface area contributed by atoms with Crippen LogP contribution in [0.1, 0.15) is 16.8 Å². The molecule has 2 rings (SSSR count). The van der Waals surface area contributed by atoms with Crippen LogP contribution in [0.15, 0.2) is 18.2 Å². The summed E-state index contributed by atoms with van der Waals surface area (Å²) in [5, 5.41) is 14.8. The van der Waals surface area contributed by atoms with Gasteiger partial charge in [0.1, 0.15) is 5.75 Å². The summed E-state index contributed by atoms with van der Waals surface area (Å²) in [6.45, 7) is 0.418. The summed E-state index contributed by atoms with van der Waals surface area (Å²) in [5.74, 6) is -0.509. The van der Waals surface area contributed by atoms with Crippen molar-refractivity contribution in [3.8, 4) is 5.75 Å². The molecule has 1 unspecified atom stereocenters. The molecular weight excluding hydrogens is 244 g/mol. The molecule has 0 bridgehead atoms. The van der Waals surface area contributed by atoms with E-state index in [1.165, 1.54) is 18.2 Å². The first-order valence-electron chi connectivity index (χ1n) is 5.12. The summed E-state index contributed by atoms with van der Waals surface area (Å²) in [4.78, 5) is 22.8. The van der Waals surface area contributed by atoms with Crippen molar-refractivity contribution in [1.82, 2.24) is 10.6 Å². The minimum Gasteiger partial charge on any atom is -0.508 e. The van der Waals surface area contributed by atoms with Gasteiger partial charge in [-0.2, -0.15) is 0 Å². The fourth-order valence-electron chi connectivity index (χ4n) is 1.66. The molecule has 2 amide bonds. The Labute approximate surface area is 103 Å². The summed E-state index contributed by atoms with van der Waals surface area (Å²) in [5.41, 5.74) is 0.200. The van der Waals surface area contributed by atoms with Crippen LogP contribution in [0.25, 0.3) is 0 Å². The van der Waals surface area contributed by atoms with E-state index in [-0.39, 0.29) is 34.7 Å². The molecule has 90 valence electrons. The fourth-order valence-corrected chi connectivity index (χ4v) is 1.86. The molecular formula is C11H11ClN2O3. The van der Waals surface area contributed by atoms with E-state index in [1.807, 2.05) is 0 Å². The van der Waals surface area contributed by atoms with Crippen molar-refractivity contribution >= 4 is 23.4 Å². The van der Waals surface area contributed by atoms with Gasteiger partial charge < -0.3 is 15.7 Å². The molecule has 1 aromatic carbocycles. The van der Waals surface area contributed by atoms with Crippen molar-refractivity contribution < 1.29 is 14.7 Å². The second-order valence-electron chi connectivity index (χ2n) is 3.84. The van der Waals surface area contributed by atoms with Gasteiger partial charge in [0.25, 0.3) is 5.91 Å². The standard InChI is InChI=1S/C11H11ClN2O3/c12-9-2-1-7(15)4-8(9)11(17)14-6-3-10(16)13-5-6/h1-2,4,6,15H,3,5H2,(H,13,16)(H,14,17). The van der Waals surface area contributed by atoms with E-state index in [0.29, 0.717) is 6.54 Å². The molecule has 1 heterocycles. The van der Waals surface area contributed by atoms with Crippen molar-refractivity contribution in [2.75, 3.05) is 6.54 Å². The van der Waals surface area contributed by atoms with E-state index in [0.717, 1.165) is 0 Å². The molecule has 0 aromatic heterocycles. The molecule has 1 fully saturated rings. The van der Waals surface area contributed by atoms with Crippen molar-refractivity contribution in [3.63, 3.8) is 0 Å². The second-order valence-corrected chi connectivity index (χ2v) is 4.25. The quantitative estimate of drug-likeness (QED) is 0.726. The molecule has 0 aliphatic carbocycles. The van der Waals surface area contributed by atoms with Gasteiger partial charge >= 0.3 is 0 Å². The highest BCUT2D eigenvalue weighted by Crippen LogP contribution is 2.21. The lowest BCUT2D eigenvalue weighted by atomic mass is 10.1. The highest BCUT2D eigenvalue weighted by Gasteiger charge is 2.24. The van der Waals surface area contributed by atoms with Crippen molar-refractivity contribution in [3.05, 3.63) is 28.8 Å². The predicted molar refractivity (Wildman–Crippen MR) is 62.0 cm³/mol. The monoisotopic (exact) mass is 254 g/mol. The van der Waals surface area contributed by atoms with E-state index in [4.69, 9.17) is 11.6 Å². The van der Waals surface area contributed by atoms with Gasteiger partial charge in [-0.15, -0.1) is 0 Å². The summed E-state index contributed by atoms with van der Waals surface area (Å²) in [7, 11) is 0. The Morgan fingerprint density at radius 1 is 1.53 bits per heavy atom. The minimum atomic E-state index is -0.396. The Kier molecular flexibility index (Phi) is 3.19. The number of amides is 2. The van der Waals surface area contributed by atoms with Crippen LogP contribution < -0.4 is 10.6 Å². The Hall–Kier alpha value is -1.75. The number of carbonyl (C=O) groups is 2. The van der Waals surface area contributed by atoms with Crippen molar-refractivity contribution in [2.24, 2.45) is 0 Å². The fraction of sp³-hybridized carbons (Fsp3) is 0.273. The number of carbonyl (C=O) groups excluding carboxylic acids is 2. The van der Waals surface area contributed by atoms with E-state index in [2.05, 4.69) is 10.6 Å². The third-order valence-corrected chi connectivity index (χ3v) is 2.84. The van der Waals surface area contributed by atoms with E-state index >= 15 is 0 Å². The number of benzene rings is 1. The molecule has 1 aromatic rings. The summed E-state index contributed by atoms with van der Waals surface area (Å²) in [6.07, 6.45) is 0.266. The van der Waals surface area contributed by atoms with Crippen LogP contribution in [0.4, 0.5) is 0 Å². The zero-order chi connectivity index (χ0) is 12.4. The van der Waals surface area contributed by atoms with Gasteiger partial charge in [-0.1, -0.05) is 11.6 Å². The number of halogens is 1. The summed E-state index contributed by atoms with van der Waals surface area (Å²) in [6, 6.07) is 3.92. The Bertz CT molecular complexity index is 476. The Balaban J connectivity index is 2.09. The number of phenolic OH excluding ortho intramolecular Hbond substituents is 1. The van der Waals surface area contributed by atoms with E-state index < -0.39 is 5.91 Å². The highest BCUT2D eigenvalue weighted by molar-refractivity contribution is 6.33. The topological polar surface area (TPSA) is 78.4 Å². The first-order valence-corrected chi connectivity index (χ1v) is 5.50. The normalized spacial score (nSPS) is 18.9. The molecule has 0 saturated carbocycles. The zero-order valence-corrected chi connectivity index (χ0v) is 9.62. The number of aromatic hydroxyl groups is 1. The molecule has 5 nitrogen and oxygen atoms in total. The van der Waals surface area contributed by atoms with Gasteiger partial charge in [0.05, 0.1) is 16.6 Å². The largest absolute Gasteiger partial charge is 0.508 e. The number of hydrogen-bond donors (Lipinski definition) is 3. The molecule has 1 atom stereocenters. The van der Waals surface area contributed by atoms with Crippen molar-refractivity contribution in [1.29, 1.82) is 0 Å². The van der Waals surface area contributed by atoms with Crippen LogP contribution in [0.3, 0.4) is 0 Å². The van der Waals surface area contributed by atoms with Crippen LogP contribution >= 0.6 is 11.6 Å². The molecule has 0 radical (unpaired) electrons. The first-order chi connectivity index (χ1) is 8.06. The average molecular weight is 255 g/mol. The molecule has 1 saturated heterocycles. The van der Waals surface area contributed by atoms with Crippen LogP contribution in [0, 0.1) is 0 Å². The average Bonchev–Trinajstić information content (AvgIpc) is 2.67. The maximum Gasteiger partial charge on any atom is 0.253 e. The minimum absolute atomic E-state index is 0.0276. The third kappa shape index (κ3) is 2.68. The van der Waals surface area contributed by atoms with Gasteiger partial charge in [0, 0.05) is 13.0 Å². The summed E-state index contributed by atoms with van der Waals surface area (Å²) < 4.78 is 0. The van der Waals surface area contributed by atoms with Crippen LogP contribution in [0.5, 0.6) is 5.75 Å². The maximum absolute atomic E-state index is 11.8. The lowest BCUT2D eigenvalue weighted by molar-refractivity contribution is -0.119. The highest BCUT2D eigenvalue weighted by atomic mass is 35.5. The smallest absolute Gasteiger partial charge is 0.253 e. The predicted octanol–water partition coefficient (Wildman–Crippen LogP) is 0.664. The Morgan fingerprint density at radius 2 is 2.29 bits per heavy atom. The number of hydrogen-bond acceptors (Lipinski definition) is 3. The van der Waals surface area contributed by atoms with Crippen LogP contribution in [0.2, 0.25) is 5.02 Å². The third-order valence-electron chi connectivity index (χ3n) is 2.51. The van der Waals surface area contributed by atoms with Gasteiger partial charge in [-0.3, -0.25) is 9.59 Å². The van der Waals surface area contributed by atoms with Gasteiger partial charge in [0.2, 0.25) is 5.91 Å². The maximum atomic E-state index is 11.8. The number of phenols is 1. The lowest BCUT2D eigenvalue weighted by Gasteiger charge is -2.11.